The van der Waals surface area contributed by atoms with Gasteiger partial charge in [-0.3, -0.25) is 15.5 Å². The zero-order valence-corrected chi connectivity index (χ0v) is 20.5. The second-order valence-corrected chi connectivity index (χ2v) is 10.0. The molecule has 1 aliphatic heterocycles. The molecule has 3 rings (SSSR count). The number of urea groups is 1. The number of hydrogen-bond acceptors (Lipinski definition) is 9. The molecule has 194 valence electrons. The quantitative estimate of drug-likeness (QED) is 0.303. The Hall–Kier alpha value is -3.11. The number of aromatic nitrogens is 1. The molecular formula is C19H18Cl2F2N6O6S. The standard InChI is InChI=1S/C19H18Cl2F2N6O6S/c1-29-6-9(7-29)28-36(33,34)13-4-14(25-5-12(13)30)35-16-10(20)2-8(3-11(16)21)26-19(32)27-18(31)15(24)17(22)23/h2-5,9,17,24,28,30H,6-7H2,1H3,(H2,26,27,31,32). The number of ether oxygens (including phenoxy) is 1. The summed E-state index contributed by atoms with van der Waals surface area (Å²) >= 11 is 12.3. The summed E-state index contributed by atoms with van der Waals surface area (Å²) in [5.74, 6) is -2.67. The van der Waals surface area contributed by atoms with Gasteiger partial charge in [0.1, 0.15) is 4.90 Å². The van der Waals surface area contributed by atoms with Gasteiger partial charge >= 0.3 is 6.03 Å². The van der Waals surface area contributed by atoms with Crippen molar-refractivity contribution in [2.24, 2.45) is 0 Å². The van der Waals surface area contributed by atoms with Crippen molar-refractivity contribution >= 4 is 56.6 Å². The lowest BCUT2D eigenvalue weighted by Gasteiger charge is -2.36. The normalized spacial score (nSPS) is 14.3. The van der Waals surface area contributed by atoms with Crippen LogP contribution < -0.4 is 20.1 Å². The third-order valence-corrected chi connectivity index (χ3v) is 6.76. The summed E-state index contributed by atoms with van der Waals surface area (Å²) in [5, 5.41) is 20.2. The van der Waals surface area contributed by atoms with Crippen LogP contribution in [0.1, 0.15) is 0 Å². The van der Waals surface area contributed by atoms with Crippen LogP contribution in [-0.2, 0) is 14.8 Å². The Labute approximate surface area is 213 Å². The van der Waals surface area contributed by atoms with Gasteiger partial charge in [0.25, 0.3) is 12.3 Å². The van der Waals surface area contributed by atoms with E-state index in [9.17, 15) is 31.9 Å². The van der Waals surface area contributed by atoms with E-state index in [4.69, 9.17) is 33.3 Å². The maximum Gasteiger partial charge on any atom is 0.326 e. The van der Waals surface area contributed by atoms with Crippen molar-refractivity contribution in [1.29, 1.82) is 5.41 Å². The van der Waals surface area contributed by atoms with Gasteiger partial charge in [0, 0.05) is 30.9 Å². The molecule has 1 aromatic heterocycles. The Balaban J connectivity index is 1.74. The zero-order chi connectivity index (χ0) is 26.8. The van der Waals surface area contributed by atoms with Crippen molar-refractivity contribution in [3.63, 3.8) is 0 Å². The molecule has 0 radical (unpaired) electrons. The molecule has 3 amide bonds. The maximum absolute atomic E-state index is 12.7. The summed E-state index contributed by atoms with van der Waals surface area (Å²) in [6.45, 7) is 1.00. The number of sulfonamides is 1. The monoisotopic (exact) mass is 566 g/mol. The highest BCUT2D eigenvalue weighted by Crippen LogP contribution is 2.39. The Morgan fingerprint density at radius 1 is 1.25 bits per heavy atom. The smallest absolute Gasteiger partial charge is 0.326 e. The minimum atomic E-state index is -4.11. The minimum Gasteiger partial charge on any atom is -0.505 e. The van der Waals surface area contributed by atoms with Crippen LogP contribution in [0.15, 0.2) is 29.3 Å². The summed E-state index contributed by atoms with van der Waals surface area (Å²) in [6.07, 6.45) is -2.50. The number of alkyl halides is 2. The third-order valence-electron chi connectivity index (χ3n) is 4.65. The number of carbonyl (C=O) groups is 2. The van der Waals surface area contributed by atoms with Crippen molar-refractivity contribution in [3.8, 4) is 17.4 Å². The van der Waals surface area contributed by atoms with Gasteiger partial charge in [0.15, 0.2) is 17.2 Å². The van der Waals surface area contributed by atoms with Gasteiger partial charge in [-0.05, 0) is 19.2 Å². The average molecular weight is 567 g/mol. The molecule has 0 aliphatic carbocycles. The maximum atomic E-state index is 12.7. The first-order chi connectivity index (χ1) is 16.8. The third kappa shape index (κ3) is 6.55. The number of nitrogens with zero attached hydrogens (tertiary/aromatic N) is 2. The molecule has 1 aromatic carbocycles. The molecule has 2 aromatic rings. The lowest BCUT2D eigenvalue weighted by molar-refractivity contribution is -0.114. The number of pyridine rings is 1. The Bertz CT molecular complexity index is 1300. The number of hydrogen-bond donors (Lipinski definition) is 5. The molecule has 36 heavy (non-hydrogen) atoms. The lowest BCUT2D eigenvalue weighted by Crippen LogP contribution is -2.57. The first-order valence-corrected chi connectivity index (χ1v) is 12.1. The van der Waals surface area contributed by atoms with Crippen molar-refractivity contribution in [1.82, 2.24) is 19.9 Å². The minimum absolute atomic E-state index is 0.0668. The van der Waals surface area contributed by atoms with Gasteiger partial charge in [-0.2, -0.15) is 0 Å². The van der Waals surface area contributed by atoms with Crippen LogP contribution in [0, 0.1) is 5.41 Å². The second-order valence-electron chi connectivity index (χ2n) is 7.52. The number of halogens is 4. The lowest BCUT2D eigenvalue weighted by atomic mass is 10.2. The van der Waals surface area contributed by atoms with Gasteiger partial charge in [-0.25, -0.2) is 31.7 Å². The highest BCUT2D eigenvalue weighted by Gasteiger charge is 2.30. The first kappa shape index (κ1) is 27.5. The summed E-state index contributed by atoms with van der Waals surface area (Å²) in [7, 11) is -2.29. The van der Waals surface area contributed by atoms with Gasteiger partial charge in [0.2, 0.25) is 15.9 Å². The number of imide groups is 1. The number of carbonyl (C=O) groups excluding carboxylic acids is 2. The van der Waals surface area contributed by atoms with E-state index in [-0.39, 0.29) is 33.4 Å². The van der Waals surface area contributed by atoms with E-state index in [1.54, 1.807) is 5.32 Å². The van der Waals surface area contributed by atoms with Crippen molar-refractivity contribution < 1.29 is 36.6 Å². The van der Waals surface area contributed by atoms with E-state index >= 15 is 0 Å². The molecule has 17 heteroatoms. The highest BCUT2D eigenvalue weighted by atomic mass is 35.5. The van der Waals surface area contributed by atoms with Gasteiger partial charge < -0.3 is 20.1 Å². The summed E-state index contributed by atoms with van der Waals surface area (Å²) in [6, 6.07) is 1.69. The zero-order valence-electron chi connectivity index (χ0n) is 18.2. The van der Waals surface area contributed by atoms with Gasteiger partial charge in [0.05, 0.1) is 16.2 Å². The van der Waals surface area contributed by atoms with Crippen LogP contribution >= 0.6 is 23.2 Å². The number of rotatable bonds is 8. The molecule has 12 nitrogen and oxygen atoms in total. The highest BCUT2D eigenvalue weighted by molar-refractivity contribution is 7.89. The Kier molecular flexibility index (Phi) is 8.30. The fraction of sp³-hybridized carbons (Fsp3) is 0.263. The molecule has 1 fully saturated rings. The van der Waals surface area contributed by atoms with E-state index in [2.05, 4.69) is 15.0 Å². The first-order valence-electron chi connectivity index (χ1n) is 9.82. The molecule has 0 bridgehead atoms. The molecule has 2 heterocycles. The average Bonchev–Trinajstić information content (AvgIpc) is 2.75. The largest absolute Gasteiger partial charge is 0.505 e. The van der Waals surface area contributed by atoms with Gasteiger partial charge in [-0.15, -0.1) is 0 Å². The fourth-order valence-corrected chi connectivity index (χ4v) is 4.87. The number of nitrogens with one attached hydrogen (secondary N) is 4. The van der Waals surface area contributed by atoms with Crippen LogP contribution in [0.5, 0.6) is 17.4 Å². The summed E-state index contributed by atoms with van der Waals surface area (Å²) < 4.78 is 58.0. The van der Waals surface area contributed by atoms with Crippen molar-refractivity contribution in [3.05, 3.63) is 34.4 Å². The number of likely N-dealkylation sites (N-methyl/N-ethyl adjacent to an activating group) is 1. The topological polar surface area (TPSA) is 174 Å². The van der Waals surface area contributed by atoms with Crippen LogP contribution in [0.25, 0.3) is 0 Å². The molecule has 1 aliphatic rings. The number of likely N-dealkylation sites (tertiary alicyclic amines) is 1. The van der Waals surface area contributed by atoms with Crippen molar-refractivity contribution in [2.45, 2.75) is 17.4 Å². The molecule has 0 spiro atoms. The number of benzene rings is 1. The van der Waals surface area contributed by atoms with E-state index in [0.29, 0.717) is 13.1 Å². The summed E-state index contributed by atoms with van der Waals surface area (Å²) in [5.41, 5.74) is -1.66. The van der Waals surface area contributed by atoms with Crippen LogP contribution in [0.2, 0.25) is 10.0 Å². The predicted molar refractivity (Wildman–Crippen MR) is 125 cm³/mol. The van der Waals surface area contributed by atoms with Crippen LogP contribution in [0.4, 0.5) is 19.3 Å². The van der Waals surface area contributed by atoms with Crippen molar-refractivity contribution in [2.75, 3.05) is 25.5 Å². The van der Waals surface area contributed by atoms with E-state index in [0.717, 1.165) is 24.4 Å². The summed E-state index contributed by atoms with van der Waals surface area (Å²) in [4.78, 5) is 28.4. The van der Waals surface area contributed by atoms with E-state index < -0.39 is 44.7 Å². The second kappa shape index (κ2) is 10.9. The van der Waals surface area contributed by atoms with Crippen LogP contribution in [0.3, 0.4) is 0 Å². The molecule has 0 saturated carbocycles. The molecule has 1 saturated heterocycles. The molecule has 0 unspecified atom stereocenters. The number of aromatic hydroxyl groups is 1. The fourth-order valence-electron chi connectivity index (χ4n) is 3.01. The molecular weight excluding hydrogens is 549 g/mol. The van der Waals surface area contributed by atoms with Crippen LogP contribution in [-0.4, -0.2) is 73.7 Å². The number of anilines is 1. The Morgan fingerprint density at radius 3 is 2.42 bits per heavy atom. The molecule has 5 N–H and O–H groups in total. The van der Waals surface area contributed by atoms with E-state index in [1.165, 1.54) is 0 Å². The Morgan fingerprint density at radius 2 is 1.86 bits per heavy atom. The van der Waals surface area contributed by atoms with E-state index in [1.807, 2.05) is 11.9 Å². The SMILES string of the molecule is CN1CC(NS(=O)(=O)c2cc(Oc3c(Cl)cc(NC(=O)NC(=O)C(=N)C(F)F)cc3Cl)ncc2O)C1. The van der Waals surface area contributed by atoms with Gasteiger partial charge in [-0.1, -0.05) is 23.2 Å². The predicted octanol–water partition coefficient (Wildman–Crippen LogP) is 2.41. The number of amides is 3. The molecule has 0 atom stereocenters.